The van der Waals surface area contributed by atoms with Gasteiger partial charge in [-0.3, -0.25) is 10.1 Å². The number of aromatic hydroxyl groups is 1. The molecule has 0 amide bonds. The summed E-state index contributed by atoms with van der Waals surface area (Å²) in [5.41, 5.74) is 8.03. The molecular weight excluding hydrogens is 426 g/mol. The van der Waals surface area contributed by atoms with Crippen LogP contribution in [0.4, 0.5) is 5.69 Å². The van der Waals surface area contributed by atoms with E-state index in [2.05, 4.69) is 39.0 Å². The number of aryl methyl sites for hydroxylation is 3. The maximum absolute atomic E-state index is 11.0. The highest BCUT2D eigenvalue weighted by molar-refractivity contribution is 5.72. The van der Waals surface area contributed by atoms with Gasteiger partial charge in [-0.15, -0.1) is 0 Å². The third-order valence-corrected chi connectivity index (χ3v) is 6.04. The topological polar surface area (TPSA) is 72.6 Å². The number of nitrogens with zero attached hydrogens (tertiary/aromatic N) is 1. The first-order valence-corrected chi connectivity index (χ1v) is 12.0. The zero-order valence-electron chi connectivity index (χ0n) is 21.2. The predicted molar refractivity (Wildman–Crippen MR) is 140 cm³/mol. The van der Waals surface area contributed by atoms with E-state index >= 15 is 0 Å². The van der Waals surface area contributed by atoms with Gasteiger partial charge in [0.2, 0.25) is 0 Å². The van der Waals surface area contributed by atoms with Crippen molar-refractivity contribution in [2.45, 2.75) is 60.3 Å². The molecule has 0 saturated carbocycles. The molecule has 1 atom stereocenters. The molecule has 0 aliphatic carbocycles. The molecule has 5 heteroatoms. The first-order chi connectivity index (χ1) is 16.2. The first kappa shape index (κ1) is 27.1. The second-order valence-corrected chi connectivity index (χ2v) is 8.52. The van der Waals surface area contributed by atoms with Crippen LogP contribution in [0.3, 0.4) is 0 Å². The molecule has 0 heterocycles. The van der Waals surface area contributed by atoms with Crippen molar-refractivity contribution in [3.8, 4) is 16.9 Å². The SMILES string of the molecule is CCOCC.CCc1cc(O)ccc1CC(C)c1ccc(-c2ccc([N+](=O)[O-])cc2C)c(C)c1. The van der Waals surface area contributed by atoms with Crippen LogP contribution in [-0.2, 0) is 17.6 Å². The van der Waals surface area contributed by atoms with Crippen molar-refractivity contribution in [2.75, 3.05) is 13.2 Å². The van der Waals surface area contributed by atoms with E-state index in [0.29, 0.717) is 11.7 Å². The number of hydrogen-bond donors (Lipinski definition) is 1. The Morgan fingerprint density at radius 2 is 1.50 bits per heavy atom. The number of phenolic OH excluding ortho intramolecular Hbond substituents is 1. The van der Waals surface area contributed by atoms with Gasteiger partial charge < -0.3 is 9.84 Å². The Labute approximate surface area is 203 Å². The van der Waals surface area contributed by atoms with Gasteiger partial charge in [-0.25, -0.2) is 0 Å². The van der Waals surface area contributed by atoms with E-state index in [9.17, 15) is 15.2 Å². The Morgan fingerprint density at radius 1 is 0.882 bits per heavy atom. The normalized spacial score (nSPS) is 11.5. The predicted octanol–water partition coefficient (Wildman–Crippen LogP) is 7.54. The fourth-order valence-corrected chi connectivity index (χ4v) is 4.15. The van der Waals surface area contributed by atoms with Crippen molar-refractivity contribution in [1.29, 1.82) is 0 Å². The Hall–Kier alpha value is -3.18. The lowest BCUT2D eigenvalue weighted by atomic mass is 9.87. The summed E-state index contributed by atoms with van der Waals surface area (Å²) in [6.07, 6.45) is 1.81. The van der Waals surface area contributed by atoms with Crippen LogP contribution in [0.25, 0.3) is 11.1 Å². The zero-order valence-corrected chi connectivity index (χ0v) is 21.2. The first-order valence-electron chi connectivity index (χ1n) is 12.0. The standard InChI is InChI=1S/C25H27NO3.C4H10O/c1-5-19-15-23(27)9-6-21(19)12-16(2)20-7-10-24(17(3)13-20)25-11-8-22(26(28)29)14-18(25)4;1-3-5-4-2/h6-11,13-16,27H,5,12H2,1-4H3;3-4H2,1-2H3. The molecule has 34 heavy (non-hydrogen) atoms. The van der Waals surface area contributed by atoms with Gasteiger partial charge in [0.15, 0.2) is 0 Å². The molecule has 1 unspecified atom stereocenters. The van der Waals surface area contributed by atoms with E-state index < -0.39 is 0 Å². The summed E-state index contributed by atoms with van der Waals surface area (Å²) in [7, 11) is 0. The number of non-ortho nitro benzene ring substituents is 1. The van der Waals surface area contributed by atoms with Crippen LogP contribution in [0, 0.1) is 24.0 Å². The molecule has 0 radical (unpaired) electrons. The van der Waals surface area contributed by atoms with Crippen LogP contribution in [0.2, 0.25) is 0 Å². The van der Waals surface area contributed by atoms with Crippen LogP contribution in [0.1, 0.15) is 61.4 Å². The summed E-state index contributed by atoms with van der Waals surface area (Å²) in [5.74, 6) is 0.660. The molecule has 0 aliphatic rings. The van der Waals surface area contributed by atoms with Crippen molar-refractivity contribution in [2.24, 2.45) is 0 Å². The van der Waals surface area contributed by atoms with E-state index in [1.165, 1.54) is 16.7 Å². The summed E-state index contributed by atoms with van der Waals surface area (Å²) in [6.45, 7) is 14.0. The van der Waals surface area contributed by atoms with Crippen molar-refractivity contribution in [1.82, 2.24) is 0 Å². The Kier molecular flexibility index (Phi) is 10.3. The van der Waals surface area contributed by atoms with Crippen molar-refractivity contribution >= 4 is 5.69 Å². The minimum atomic E-state index is -0.359. The molecule has 0 saturated heterocycles. The van der Waals surface area contributed by atoms with Crippen LogP contribution in [0.15, 0.2) is 54.6 Å². The lowest BCUT2D eigenvalue weighted by Gasteiger charge is -2.17. The molecular formula is C29H37NO4. The van der Waals surface area contributed by atoms with Crippen LogP contribution < -0.4 is 0 Å². The monoisotopic (exact) mass is 463 g/mol. The van der Waals surface area contributed by atoms with E-state index in [4.69, 9.17) is 4.74 Å². The zero-order chi connectivity index (χ0) is 25.3. The quantitative estimate of drug-likeness (QED) is 0.277. The number of phenols is 1. The highest BCUT2D eigenvalue weighted by Gasteiger charge is 2.14. The lowest BCUT2D eigenvalue weighted by molar-refractivity contribution is -0.384. The number of rotatable bonds is 8. The molecule has 0 aliphatic heterocycles. The number of hydrogen-bond acceptors (Lipinski definition) is 4. The third kappa shape index (κ3) is 7.16. The number of benzene rings is 3. The van der Waals surface area contributed by atoms with Gasteiger partial charge in [-0.1, -0.05) is 38.1 Å². The van der Waals surface area contributed by atoms with Crippen molar-refractivity contribution in [3.05, 3.63) is 92.5 Å². The molecule has 0 bridgehead atoms. The Balaban J connectivity index is 0.000000739. The second-order valence-electron chi connectivity index (χ2n) is 8.52. The molecule has 0 fully saturated rings. The largest absolute Gasteiger partial charge is 0.508 e. The Morgan fingerprint density at radius 3 is 2.00 bits per heavy atom. The van der Waals surface area contributed by atoms with Gasteiger partial charge in [-0.2, -0.15) is 0 Å². The van der Waals surface area contributed by atoms with Crippen LogP contribution >= 0.6 is 0 Å². The molecule has 1 N–H and O–H groups in total. The summed E-state index contributed by atoms with van der Waals surface area (Å²) in [5, 5.41) is 20.7. The van der Waals surface area contributed by atoms with E-state index in [1.54, 1.807) is 18.2 Å². The van der Waals surface area contributed by atoms with E-state index in [0.717, 1.165) is 48.3 Å². The van der Waals surface area contributed by atoms with Gasteiger partial charge in [0.05, 0.1) is 4.92 Å². The second kappa shape index (κ2) is 12.9. The lowest BCUT2D eigenvalue weighted by Crippen LogP contribution is -2.02. The molecule has 0 spiro atoms. The number of ether oxygens (including phenoxy) is 1. The molecule has 5 nitrogen and oxygen atoms in total. The van der Waals surface area contributed by atoms with Gasteiger partial charge in [0, 0.05) is 25.3 Å². The molecule has 182 valence electrons. The smallest absolute Gasteiger partial charge is 0.269 e. The summed E-state index contributed by atoms with van der Waals surface area (Å²) >= 11 is 0. The van der Waals surface area contributed by atoms with Gasteiger partial charge in [-0.05, 0) is 104 Å². The van der Waals surface area contributed by atoms with Crippen LogP contribution in [0.5, 0.6) is 5.75 Å². The number of nitro groups is 1. The van der Waals surface area contributed by atoms with Crippen molar-refractivity contribution in [3.63, 3.8) is 0 Å². The third-order valence-electron chi connectivity index (χ3n) is 6.04. The minimum absolute atomic E-state index is 0.120. The van der Waals surface area contributed by atoms with Crippen molar-refractivity contribution < 1.29 is 14.8 Å². The fraction of sp³-hybridized carbons (Fsp3) is 0.379. The highest BCUT2D eigenvalue weighted by Crippen LogP contribution is 2.32. The molecule has 3 aromatic rings. The summed E-state index contributed by atoms with van der Waals surface area (Å²) < 4.78 is 4.83. The van der Waals surface area contributed by atoms with E-state index in [1.807, 2.05) is 39.0 Å². The van der Waals surface area contributed by atoms with Gasteiger partial charge in [0.1, 0.15) is 5.75 Å². The van der Waals surface area contributed by atoms with Gasteiger partial charge >= 0.3 is 0 Å². The highest BCUT2D eigenvalue weighted by atomic mass is 16.6. The maximum Gasteiger partial charge on any atom is 0.269 e. The minimum Gasteiger partial charge on any atom is -0.508 e. The Bertz CT molecular complexity index is 1110. The van der Waals surface area contributed by atoms with Gasteiger partial charge in [0.25, 0.3) is 5.69 Å². The maximum atomic E-state index is 11.0. The average Bonchev–Trinajstić information content (AvgIpc) is 2.81. The average molecular weight is 464 g/mol. The fourth-order valence-electron chi connectivity index (χ4n) is 4.15. The summed E-state index contributed by atoms with van der Waals surface area (Å²) in [4.78, 5) is 10.6. The van der Waals surface area contributed by atoms with E-state index in [-0.39, 0.29) is 10.6 Å². The van der Waals surface area contributed by atoms with Crippen LogP contribution in [-0.4, -0.2) is 23.2 Å². The molecule has 3 rings (SSSR count). The number of nitro benzene ring substituents is 1. The molecule has 3 aromatic carbocycles. The summed E-state index contributed by atoms with van der Waals surface area (Å²) in [6, 6.07) is 17.1. The molecule has 0 aromatic heterocycles.